The van der Waals surface area contributed by atoms with Crippen molar-refractivity contribution in [1.82, 2.24) is 9.80 Å². The van der Waals surface area contributed by atoms with Crippen molar-refractivity contribution in [1.29, 1.82) is 0 Å². The molecule has 3 rings (SSSR count). The molecule has 2 fully saturated rings. The molecule has 0 unspecified atom stereocenters. The summed E-state index contributed by atoms with van der Waals surface area (Å²) < 4.78 is 5.14. The Morgan fingerprint density at radius 2 is 2.04 bits per heavy atom. The third kappa shape index (κ3) is 4.80. The van der Waals surface area contributed by atoms with Crippen molar-refractivity contribution in [2.75, 3.05) is 45.6 Å². The minimum atomic E-state index is 0.0625. The van der Waals surface area contributed by atoms with Crippen LogP contribution in [0.5, 0.6) is 0 Å². The monoisotopic (exact) mass is 376 g/mol. The number of carbonyl (C=O) groups is 2. The van der Waals surface area contributed by atoms with E-state index in [0.717, 1.165) is 43.8 Å². The predicted octanol–water partition coefficient (Wildman–Crippen LogP) is 2.66. The molecule has 2 saturated heterocycles. The van der Waals surface area contributed by atoms with Gasteiger partial charge in [-0.05, 0) is 31.4 Å². The minimum Gasteiger partial charge on any atom is -0.383 e. The first-order valence-electron chi connectivity index (χ1n) is 9.34. The molecule has 2 heterocycles. The van der Waals surface area contributed by atoms with Gasteiger partial charge in [-0.1, -0.05) is 18.2 Å². The molecule has 142 valence electrons. The van der Waals surface area contributed by atoms with Gasteiger partial charge in [0.2, 0.25) is 11.8 Å². The van der Waals surface area contributed by atoms with Crippen LogP contribution in [0.1, 0.15) is 25.7 Å². The molecule has 2 aliphatic heterocycles. The fourth-order valence-electron chi connectivity index (χ4n) is 4.01. The molecule has 0 N–H and O–H groups in total. The SMILES string of the molecule is COCCN1C[C@]2(CCCN(C(=O)CSc3ccccc3)C2)CCC1=O. The van der Waals surface area contributed by atoms with E-state index in [1.165, 1.54) is 0 Å². The maximum atomic E-state index is 12.7. The number of ether oxygens (including phenoxy) is 1. The first kappa shape index (κ1) is 19.2. The fourth-order valence-corrected chi connectivity index (χ4v) is 4.84. The van der Waals surface area contributed by atoms with Crippen LogP contribution in [-0.2, 0) is 14.3 Å². The molecule has 0 saturated carbocycles. The van der Waals surface area contributed by atoms with Crippen molar-refractivity contribution < 1.29 is 14.3 Å². The van der Waals surface area contributed by atoms with Crippen LogP contribution in [0.25, 0.3) is 0 Å². The molecule has 5 nitrogen and oxygen atoms in total. The Morgan fingerprint density at radius 1 is 1.23 bits per heavy atom. The lowest BCUT2D eigenvalue weighted by Gasteiger charge is -2.48. The maximum Gasteiger partial charge on any atom is 0.232 e. The van der Waals surface area contributed by atoms with Gasteiger partial charge in [-0.3, -0.25) is 9.59 Å². The molecule has 1 aromatic carbocycles. The second-order valence-corrected chi connectivity index (χ2v) is 8.38. The molecule has 1 atom stereocenters. The first-order chi connectivity index (χ1) is 12.6. The molecule has 2 aliphatic rings. The summed E-state index contributed by atoms with van der Waals surface area (Å²) in [6.07, 6.45) is 3.60. The third-order valence-electron chi connectivity index (χ3n) is 5.43. The van der Waals surface area contributed by atoms with E-state index >= 15 is 0 Å². The normalized spacial score (nSPS) is 23.5. The zero-order valence-electron chi connectivity index (χ0n) is 15.5. The zero-order valence-corrected chi connectivity index (χ0v) is 16.3. The van der Waals surface area contributed by atoms with Gasteiger partial charge in [0, 0.05) is 50.0 Å². The first-order valence-corrected chi connectivity index (χ1v) is 10.3. The number of benzene rings is 1. The Hall–Kier alpha value is -1.53. The van der Waals surface area contributed by atoms with Gasteiger partial charge >= 0.3 is 0 Å². The van der Waals surface area contributed by atoms with Crippen LogP contribution >= 0.6 is 11.8 Å². The molecule has 2 amide bonds. The Labute approximate surface area is 160 Å². The highest BCUT2D eigenvalue weighted by Crippen LogP contribution is 2.39. The van der Waals surface area contributed by atoms with E-state index < -0.39 is 0 Å². The van der Waals surface area contributed by atoms with Gasteiger partial charge in [-0.25, -0.2) is 0 Å². The topological polar surface area (TPSA) is 49.9 Å². The van der Waals surface area contributed by atoms with E-state index in [1.54, 1.807) is 18.9 Å². The molecule has 6 heteroatoms. The average Bonchev–Trinajstić information content (AvgIpc) is 2.68. The number of methoxy groups -OCH3 is 1. The number of amides is 2. The van der Waals surface area contributed by atoms with Gasteiger partial charge in [-0.15, -0.1) is 11.8 Å². The van der Waals surface area contributed by atoms with E-state index in [-0.39, 0.29) is 17.2 Å². The third-order valence-corrected chi connectivity index (χ3v) is 6.43. The summed E-state index contributed by atoms with van der Waals surface area (Å²) in [5, 5.41) is 0. The predicted molar refractivity (Wildman–Crippen MR) is 103 cm³/mol. The Kier molecular flexibility index (Phi) is 6.59. The molecule has 0 radical (unpaired) electrons. The van der Waals surface area contributed by atoms with E-state index in [1.807, 2.05) is 40.1 Å². The number of rotatable bonds is 6. The van der Waals surface area contributed by atoms with E-state index in [0.29, 0.717) is 25.3 Å². The highest BCUT2D eigenvalue weighted by atomic mass is 32.2. The van der Waals surface area contributed by atoms with Crippen molar-refractivity contribution in [2.24, 2.45) is 5.41 Å². The molecule has 0 aliphatic carbocycles. The van der Waals surface area contributed by atoms with Crippen molar-refractivity contribution >= 4 is 23.6 Å². The number of likely N-dealkylation sites (tertiary alicyclic amines) is 2. The summed E-state index contributed by atoms with van der Waals surface area (Å²) in [6.45, 7) is 3.58. The molecule has 26 heavy (non-hydrogen) atoms. The van der Waals surface area contributed by atoms with E-state index in [9.17, 15) is 9.59 Å². The summed E-state index contributed by atoms with van der Waals surface area (Å²) in [5.41, 5.74) is 0.0625. The molecule has 0 bridgehead atoms. The standard InChI is InChI=1S/C20H28N2O3S/c1-25-13-12-22-16-20(10-8-18(22)23)9-5-11-21(15-20)19(24)14-26-17-6-3-2-4-7-17/h2-4,6-7H,5,8-16H2,1H3/t20-/m1/s1. The van der Waals surface area contributed by atoms with Crippen LogP contribution < -0.4 is 0 Å². The lowest BCUT2D eigenvalue weighted by Crippen LogP contribution is -2.55. The summed E-state index contributed by atoms with van der Waals surface area (Å²) in [6, 6.07) is 10.1. The van der Waals surface area contributed by atoms with Crippen molar-refractivity contribution in [3.8, 4) is 0 Å². The number of nitrogens with zero attached hydrogens (tertiary/aromatic N) is 2. The summed E-state index contributed by atoms with van der Waals surface area (Å²) in [7, 11) is 1.66. The van der Waals surface area contributed by atoms with E-state index in [2.05, 4.69) is 0 Å². The van der Waals surface area contributed by atoms with Crippen LogP contribution in [0.15, 0.2) is 35.2 Å². The van der Waals surface area contributed by atoms with Gasteiger partial charge in [0.05, 0.1) is 12.4 Å². The number of hydrogen-bond donors (Lipinski definition) is 0. The summed E-state index contributed by atoms with van der Waals surface area (Å²) >= 11 is 1.60. The van der Waals surface area contributed by atoms with Crippen LogP contribution in [0.4, 0.5) is 0 Å². The van der Waals surface area contributed by atoms with Crippen molar-refractivity contribution in [3.05, 3.63) is 30.3 Å². The number of piperidine rings is 2. The largest absolute Gasteiger partial charge is 0.383 e. The quantitative estimate of drug-likeness (QED) is 0.716. The number of hydrogen-bond acceptors (Lipinski definition) is 4. The second-order valence-electron chi connectivity index (χ2n) is 7.33. The van der Waals surface area contributed by atoms with Gasteiger partial charge < -0.3 is 14.5 Å². The number of carbonyl (C=O) groups excluding carboxylic acids is 2. The van der Waals surface area contributed by atoms with Crippen LogP contribution in [0.3, 0.4) is 0 Å². The highest BCUT2D eigenvalue weighted by molar-refractivity contribution is 8.00. The molecular weight excluding hydrogens is 348 g/mol. The fraction of sp³-hybridized carbons (Fsp3) is 0.600. The maximum absolute atomic E-state index is 12.7. The lowest BCUT2D eigenvalue weighted by atomic mass is 9.73. The average molecular weight is 377 g/mol. The Morgan fingerprint density at radius 3 is 2.81 bits per heavy atom. The molecule has 1 spiro atoms. The smallest absolute Gasteiger partial charge is 0.232 e. The zero-order chi connectivity index (χ0) is 18.4. The lowest BCUT2D eigenvalue weighted by molar-refractivity contribution is -0.142. The van der Waals surface area contributed by atoms with Gasteiger partial charge in [0.15, 0.2) is 0 Å². The summed E-state index contributed by atoms with van der Waals surface area (Å²) in [5.74, 6) is 0.904. The van der Waals surface area contributed by atoms with Crippen LogP contribution in [0, 0.1) is 5.41 Å². The van der Waals surface area contributed by atoms with Gasteiger partial charge in [-0.2, -0.15) is 0 Å². The second kappa shape index (κ2) is 8.91. The minimum absolute atomic E-state index is 0.0625. The Bertz CT molecular complexity index is 625. The van der Waals surface area contributed by atoms with Crippen LogP contribution in [0.2, 0.25) is 0 Å². The van der Waals surface area contributed by atoms with E-state index in [4.69, 9.17) is 4.74 Å². The highest BCUT2D eigenvalue weighted by Gasteiger charge is 2.42. The number of thioether (sulfide) groups is 1. The Balaban J connectivity index is 1.57. The van der Waals surface area contributed by atoms with Crippen molar-refractivity contribution in [2.45, 2.75) is 30.6 Å². The van der Waals surface area contributed by atoms with Gasteiger partial charge in [0.25, 0.3) is 0 Å². The van der Waals surface area contributed by atoms with Gasteiger partial charge in [0.1, 0.15) is 0 Å². The summed E-state index contributed by atoms with van der Waals surface area (Å²) in [4.78, 5) is 30.0. The molecular formula is C20H28N2O3S. The molecule has 1 aromatic rings. The molecule has 0 aromatic heterocycles. The van der Waals surface area contributed by atoms with Crippen LogP contribution in [-0.4, -0.2) is 67.3 Å². The van der Waals surface area contributed by atoms with Crippen molar-refractivity contribution in [3.63, 3.8) is 0 Å².